The molecule has 0 aliphatic heterocycles. The molecule has 0 unspecified atom stereocenters. The van der Waals surface area contributed by atoms with Crippen molar-refractivity contribution in [2.75, 3.05) is 32.0 Å². The molecule has 0 saturated carbocycles. The highest BCUT2D eigenvalue weighted by atomic mass is 32.1. The summed E-state index contributed by atoms with van der Waals surface area (Å²) in [5.41, 5.74) is 8.64. The van der Waals surface area contributed by atoms with E-state index in [0.717, 1.165) is 64.2 Å². The van der Waals surface area contributed by atoms with E-state index in [9.17, 15) is 4.79 Å². The summed E-state index contributed by atoms with van der Waals surface area (Å²) in [7, 11) is 0. The molecule has 1 heterocycles. The van der Waals surface area contributed by atoms with Gasteiger partial charge in [0.2, 0.25) is 5.78 Å². The Kier molecular flexibility index (Phi) is 14.9. The number of carboxylic acid groups (broad SMARTS) is 2. The standard InChI is InChI=1S/C30H42N2O2S.C2H2O4/c1-4-7-11-26-27-22-24(31)14-17-28(27)35-30(26)29(33)23-12-15-25(16-13-23)34-21-10-20-32(18-8-5-2)19-9-6-3;3-1(4)2(5)6/h12-17,22H,4-11,18-21,31H2,1-3H3;(H,3,4)(H,5,6). The summed E-state index contributed by atoms with van der Waals surface area (Å²) < 4.78 is 7.12. The number of hydrogen-bond donors (Lipinski definition) is 3. The first-order valence-electron chi connectivity index (χ1n) is 14.5. The van der Waals surface area contributed by atoms with E-state index in [1.54, 1.807) is 11.3 Å². The van der Waals surface area contributed by atoms with Crippen LogP contribution in [-0.2, 0) is 16.0 Å². The second-order valence-electron chi connectivity index (χ2n) is 9.98. The van der Waals surface area contributed by atoms with Gasteiger partial charge in [-0.1, -0.05) is 40.0 Å². The average molecular weight is 585 g/mol. The van der Waals surface area contributed by atoms with Gasteiger partial charge in [-0.05, 0) is 98.6 Å². The molecule has 3 aromatic rings. The lowest BCUT2D eigenvalue weighted by atomic mass is 10.00. The number of carbonyl (C=O) groups is 3. The van der Waals surface area contributed by atoms with Crippen molar-refractivity contribution in [3.05, 3.63) is 58.5 Å². The third-order valence-electron chi connectivity index (χ3n) is 6.64. The SMILES string of the molecule is CCCCc1c(C(=O)c2ccc(OCCCN(CCCC)CCCC)cc2)sc2ccc(N)cc12.O=C(O)C(=O)O. The summed E-state index contributed by atoms with van der Waals surface area (Å²) in [6.45, 7) is 10.8. The molecule has 9 heteroatoms. The predicted molar refractivity (Wildman–Crippen MR) is 166 cm³/mol. The van der Waals surface area contributed by atoms with E-state index in [1.807, 2.05) is 42.5 Å². The van der Waals surface area contributed by atoms with E-state index in [2.05, 4.69) is 25.7 Å². The number of aryl methyl sites for hydroxylation is 1. The van der Waals surface area contributed by atoms with Gasteiger partial charge in [0, 0.05) is 22.5 Å². The Balaban J connectivity index is 0.000000883. The molecule has 0 saturated heterocycles. The molecule has 3 rings (SSSR count). The van der Waals surface area contributed by atoms with E-state index in [1.165, 1.54) is 38.8 Å². The van der Waals surface area contributed by atoms with E-state index in [0.29, 0.717) is 12.2 Å². The highest BCUT2D eigenvalue weighted by Gasteiger charge is 2.20. The number of nitrogens with two attached hydrogens (primary N) is 1. The zero-order chi connectivity index (χ0) is 30.2. The molecule has 2 aromatic carbocycles. The number of benzene rings is 2. The summed E-state index contributed by atoms with van der Waals surface area (Å²) in [5, 5.41) is 15.9. The van der Waals surface area contributed by atoms with Crippen LogP contribution < -0.4 is 10.5 Å². The molecule has 0 aliphatic carbocycles. The predicted octanol–water partition coefficient (Wildman–Crippen LogP) is 6.88. The van der Waals surface area contributed by atoms with Crippen LogP contribution in [0.2, 0.25) is 0 Å². The first-order valence-corrected chi connectivity index (χ1v) is 15.3. The zero-order valence-electron chi connectivity index (χ0n) is 24.5. The Labute approximate surface area is 247 Å². The van der Waals surface area contributed by atoms with Crippen molar-refractivity contribution in [1.82, 2.24) is 4.90 Å². The third-order valence-corrected chi connectivity index (χ3v) is 7.86. The molecule has 8 nitrogen and oxygen atoms in total. The first kappa shape index (κ1) is 33.8. The number of nitrogens with zero attached hydrogens (tertiary/aromatic N) is 1. The Bertz CT molecular complexity index is 1240. The van der Waals surface area contributed by atoms with Gasteiger partial charge in [0.25, 0.3) is 0 Å². The molecule has 224 valence electrons. The average Bonchev–Trinajstić information content (AvgIpc) is 3.32. The fraction of sp³-hybridized carbons (Fsp3) is 0.469. The van der Waals surface area contributed by atoms with Crippen LogP contribution in [0, 0.1) is 0 Å². The summed E-state index contributed by atoms with van der Waals surface area (Å²) in [6.07, 6.45) is 9.05. The molecule has 0 bridgehead atoms. The van der Waals surface area contributed by atoms with Gasteiger partial charge in [0.1, 0.15) is 5.75 Å². The molecule has 1 aromatic heterocycles. The lowest BCUT2D eigenvalue weighted by molar-refractivity contribution is -0.159. The second-order valence-corrected chi connectivity index (χ2v) is 11.0. The molecular weight excluding hydrogens is 540 g/mol. The Morgan fingerprint density at radius 1 is 0.829 bits per heavy atom. The fourth-order valence-electron chi connectivity index (χ4n) is 4.36. The van der Waals surface area contributed by atoms with Gasteiger partial charge in [-0.25, -0.2) is 9.59 Å². The van der Waals surface area contributed by atoms with Gasteiger partial charge >= 0.3 is 11.9 Å². The fourth-order valence-corrected chi connectivity index (χ4v) is 5.56. The number of rotatable bonds is 16. The van der Waals surface area contributed by atoms with E-state index in [-0.39, 0.29) is 5.78 Å². The molecule has 0 spiro atoms. The van der Waals surface area contributed by atoms with Crippen LogP contribution in [0.25, 0.3) is 10.1 Å². The van der Waals surface area contributed by atoms with Crippen LogP contribution in [0.3, 0.4) is 0 Å². The number of anilines is 1. The third kappa shape index (κ3) is 11.2. The number of nitrogen functional groups attached to an aromatic ring is 1. The van der Waals surface area contributed by atoms with E-state index in [4.69, 9.17) is 30.3 Å². The number of unbranched alkanes of at least 4 members (excludes halogenated alkanes) is 3. The maximum absolute atomic E-state index is 13.4. The maximum Gasteiger partial charge on any atom is 0.414 e. The lowest BCUT2D eigenvalue weighted by Gasteiger charge is -2.21. The van der Waals surface area contributed by atoms with Crippen molar-refractivity contribution >= 4 is 44.8 Å². The summed E-state index contributed by atoms with van der Waals surface area (Å²) in [6, 6.07) is 13.6. The number of hydrogen-bond acceptors (Lipinski definition) is 7. The van der Waals surface area contributed by atoms with Gasteiger partial charge in [0.15, 0.2) is 0 Å². The summed E-state index contributed by atoms with van der Waals surface area (Å²) >= 11 is 1.58. The second kappa shape index (κ2) is 18.1. The number of ketones is 1. The lowest BCUT2D eigenvalue weighted by Crippen LogP contribution is -2.28. The Morgan fingerprint density at radius 3 is 1.98 bits per heavy atom. The van der Waals surface area contributed by atoms with E-state index >= 15 is 0 Å². The highest BCUT2D eigenvalue weighted by molar-refractivity contribution is 7.21. The van der Waals surface area contributed by atoms with Crippen LogP contribution in [-0.4, -0.2) is 59.1 Å². The first-order chi connectivity index (χ1) is 19.7. The van der Waals surface area contributed by atoms with Gasteiger partial charge in [-0.3, -0.25) is 4.79 Å². The molecule has 0 atom stereocenters. The molecule has 4 N–H and O–H groups in total. The largest absolute Gasteiger partial charge is 0.494 e. The monoisotopic (exact) mass is 584 g/mol. The number of aliphatic carboxylic acids is 2. The van der Waals surface area contributed by atoms with Crippen LogP contribution in [0.5, 0.6) is 5.75 Å². The number of thiophene rings is 1. The minimum atomic E-state index is -1.82. The minimum Gasteiger partial charge on any atom is -0.494 e. The van der Waals surface area contributed by atoms with Crippen molar-refractivity contribution in [3.8, 4) is 5.75 Å². The number of carbonyl (C=O) groups excluding carboxylic acids is 1. The van der Waals surface area contributed by atoms with Crippen molar-refractivity contribution < 1.29 is 29.3 Å². The Hall–Kier alpha value is -3.43. The van der Waals surface area contributed by atoms with Crippen molar-refractivity contribution in [2.45, 2.75) is 72.1 Å². The number of ether oxygens (including phenoxy) is 1. The summed E-state index contributed by atoms with van der Waals surface area (Å²) in [5.74, 6) is -2.74. The molecule has 0 radical (unpaired) electrons. The van der Waals surface area contributed by atoms with Gasteiger partial charge in [-0.2, -0.15) is 0 Å². The van der Waals surface area contributed by atoms with Gasteiger partial charge in [-0.15, -0.1) is 11.3 Å². The van der Waals surface area contributed by atoms with Crippen molar-refractivity contribution in [3.63, 3.8) is 0 Å². The minimum absolute atomic E-state index is 0.0879. The van der Waals surface area contributed by atoms with Crippen molar-refractivity contribution in [2.24, 2.45) is 0 Å². The number of fused-ring (bicyclic) bond motifs is 1. The Morgan fingerprint density at radius 2 is 1.41 bits per heavy atom. The smallest absolute Gasteiger partial charge is 0.414 e. The molecular formula is C32H44N2O6S. The molecule has 0 amide bonds. The number of carboxylic acids is 2. The van der Waals surface area contributed by atoms with Crippen LogP contribution in [0.4, 0.5) is 5.69 Å². The maximum atomic E-state index is 13.4. The summed E-state index contributed by atoms with van der Waals surface area (Å²) in [4.78, 5) is 35.0. The molecule has 0 fully saturated rings. The molecule has 0 aliphatic rings. The van der Waals surface area contributed by atoms with Gasteiger partial charge in [0.05, 0.1) is 11.5 Å². The van der Waals surface area contributed by atoms with Crippen LogP contribution in [0.1, 0.15) is 86.5 Å². The van der Waals surface area contributed by atoms with Crippen LogP contribution >= 0.6 is 11.3 Å². The van der Waals surface area contributed by atoms with Gasteiger partial charge < -0.3 is 25.6 Å². The van der Waals surface area contributed by atoms with E-state index < -0.39 is 11.9 Å². The topological polar surface area (TPSA) is 130 Å². The van der Waals surface area contributed by atoms with Crippen LogP contribution in [0.15, 0.2) is 42.5 Å². The van der Waals surface area contributed by atoms with Crippen molar-refractivity contribution in [1.29, 1.82) is 0 Å². The quantitative estimate of drug-likeness (QED) is 0.0719. The molecule has 41 heavy (non-hydrogen) atoms. The highest BCUT2D eigenvalue weighted by Crippen LogP contribution is 2.35. The zero-order valence-corrected chi connectivity index (χ0v) is 25.3. The normalized spacial score (nSPS) is 10.8.